The molecule has 0 saturated carbocycles. The van der Waals surface area contributed by atoms with Crippen LogP contribution < -0.4 is 0 Å². The molecule has 3 nitrogen and oxygen atoms in total. The van der Waals surface area contributed by atoms with Gasteiger partial charge in [-0.15, -0.1) is 0 Å². The molecule has 0 spiro atoms. The van der Waals surface area contributed by atoms with Crippen LogP contribution in [0.15, 0.2) is 0 Å². The first-order valence-electron chi connectivity index (χ1n) is 7.04. The maximum Gasteiger partial charge on any atom is 0.0724 e. The van der Waals surface area contributed by atoms with Crippen molar-refractivity contribution in [2.24, 2.45) is 0 Å². The molecule has 2 rings (SSSR count). The summed E-state index contributed by atoms with van der Waals surface area (Å²) in [5.74, 6) is 0. The number of hydrogen-bond acceptors (Lipinski definition) is 3. The topological polar surface area (TPSA) is 21.7 Å². The lowest BCUT2D eigenvalue weighted by Gasteiger charge is -2.32. The molecular formula is C14H27NO2. The summed E-state index contributed by atoms with van der Waals surface area (Å²) in [5.41, 5.74) is 0.282. The maximum atomic E-state index is 5.98. The van der Waals surface area contributed by atoms with Crippen LogP contribution in [0, 0.1) is 0 Å². The largest absolute Gasteiger partial charge is 0.377 e. The molecule has 0 radical (unpaired) electrons. The minimum Gasteiger partial charge on any atom is -0.377 e. The first-order valence-corrected chi connectivity index (χ1v) is 7.04. The van der Waals surface area contributed by atoms with E-state index < -0.39 is 0 Å². The number of nitrogens with zero attached hydrogens (tertiary/aromatic N) is 1. The van der Waals surface area contributed by atoms with Gasteiger partial charge < -0.3 is 9.47 Å². The van der Waals surface area contributed by atoms with Crippen LogP contribution in [0.4, 0.5) is 0 Å². The number of rotatable bonds is 5. The number of fused-ring (bicyclic) bond motifs is 1. The summed E-state index contributed by atoms with van der Waals surface area (Å²) in [6, 6.07) is 0. The second kappa shape index (κ2) is 5.25. The first kappa shape index (κ1) is 13.3. The molecule has 0 aromatic heterocycles. The normalized spacial score (nSPS) is 33.9. The van der Waals surface area contributed by atoms with Crippen molar-refractivity contribution < 1.29 is 9.47 Å². The van der Waals surface area contributed by atoms with E-state index >= 15 is 0 Å². The Labute approximate surface area is 105 Å². The zero-order valence-electron chi connectivity index (χ0n) is 11.7. The van der Waals surface area contributed by atoms with Gasteiger partial charge in [-0.1, -0.05) is 0 Å². The van der Waals surface area contributed by atoms with E-state index in [0.29, 0.717) is 18.3 Å². The summed E-state index contributed by atoms with van der Waals surface area (Å²) < 4.78 is 11.9. The van der Waals surface area contributed by atoms with Crippen molar-refractivity contribution in [3.05, 3.63) is 0 Å². The van der Waals surface area contributed by atoms with Gasteiger partial charge in [-0.3, -0.25) is 4.90 Å². The Balaban J connectivity index is 1.94. The van der Waals surface area contributed by atoms with Gasteiger partial charge in [0.25, 0.3) is 0 Å². The van der Waals surface area contributed by atoms with Crippen LogP contribution in [0.3, 0.4) is 0 Å². The summed E-state index contributed by atoms with van der Waals surface area (Å²) in [4.78, 5) is 2.60. The minimum atomic E-state index is 0.282. The average molecular weight is 241 g/mol. The lowest BCUT2D eigenvalue weighted by atomic mass is 9.94. The van der Waals surface area contributed by atoms with Crippen molar-refractivity contribution in [2.75, 3.05) is 19.7 Å². The standard InChI is InChI=1S/C14H27NO2/c1-11(2)16-10-14-6-5-7-15(14)9-13(8-14)17-12(3)4/h11-13H,5-10H2,1-4H3. The lowest BCUT2D eigenvalue weighted by Crippen LogP contribution is -2.43. The first-order chi connectivity index (χ1) is 8.02. The molecule has 0 aromatic carbocycles. The van der Waals surface area contributed by atoms with E-state index in [0.717, 1.165) is 19.6 Å². The van der Waals surface area contributed by atoms with E-state index in [2.05, 4.69) is 32.6 Å². The van der Waals surface area contributed by atoms with Gasteiger partial charge in [0.2, 0.25) is 0 Å². The quantitative estimate of drug-likeness (QED) is 0.738. The SMILES string of the molecule is CC(C)OCC12CCCN1CC(OC(C)C)C2. The van der Waals surface area contributed by atoms with E-state index in [4.69, 9.17) is 9.47 Å². The van der Waals surface area contributed by atoms with E-state index in [9.17, 15) is 0 Å². The molecule has 0 aromatic rings. The third-order valence-electron chi connectivity index (χ3n) is 3.92. The Morgan fingerprint density at radius 2 is 2.00 bits per heavy atom. The van der Waals surface area contributed by atoms with Crippen molar-refractivity contribution >= 4 is 0 Å². The molecule has 17 heavy (non-hydrogen) atoms. The molecule has 2 saturated heterocycles. The van der Waals surface area contributed by atoms with E-state index in [1.807, 2.05) is 0 Å². The molecule has 2 aliphatic rings. The molecular weight excluding hydrogens is 214 g/mol. The van der Waals surface area contributed by atoms with Crippen LogP contribution in [-0.2, 0) is 9.47 Å². The number of ether oxygens (including phenoxy) is 2. The molecule has 2 fully saturated rings. The molecule has 2 atom stereocenters. The van der Waals surface area contributed by atoms with Crippen LogP contribution in [0.5, 0.6) is 0 Å². The maximum absolute atomic E-state index is 5.98. The van der Waals surface area contributed by atoms with Crippen LogP contribution in [0.1, 0.15) is 47.0 Å². The monoisotopic (exact) mass is 241 g/mol. The highest BCUT2D eigenvalue weighted by Gasteiger charge is 2.49. The van der Waals surface area contributed by atoms with Gasteiger partial charge in [0, 0.05) is 12.1 Å². The molecule has 2 aliphatic heterocycles. The van der Waals surface area contributed by atoms with E-state index in [1.54, 1.807) is 0 Å². The predicted molar refractivity (Wildman–Crippen MR) is 69.3 cm³/mol. The van der Waals surface area contributed by atoms with Crippen molar-refractivity contribution in [1.29, 1.82) is 0 Å². The molecule has 0 bridgehead atoms. The van der Waals surface area contributed by atoms with Crippen LogP contribution in [0.25, 0.3) is 0 Å². The van der Waals surface area contributed by atoms with Gasteiger partial charge >= 0.3 is 0 Å². The van der Waals surface area contributed by atoms with Crippen molar-refractivity contribution in [3.63, 3.8) is 0 Å². The third-order valence-corrected chi connectivity index (χ3v) is 3.92. The molecule has 0 amide bonds. The molecule has 2 unspecified atom stereocenters. The predicted octanol–water partition coefficient (Wildman–Crippen LogP) is 2.44. The fraction of sp³-hybridized carbons (Fsp3) is 1.00. The van der Waals surface area contributed by atoms with Crippen LogP contribution in [0.2, 0.25) is 0 Å². The zero-order chi connectivity index (χ0) is 12.5. The summed E-state index contributed by atoms with van der Waals surface area (Å²) in [5, 5.41) is 0. The fourth-order valence-electron chi connectivity index (χ4n) is 3.26. The highest BCUT2D eigenvalue weighted by Crippen LogP contribution is 2.40. The van der Waals surface area contributed by atoms with Gasteiger partial charge in [0.05, 0.1) is 24.9 Å². The Bertz CT molecular complexity index is 255. The van der Waals surface area contributed by atoms with Crippen LogP contribution in [-0.4, -0.2) is 48.4 Å². The Hall–Kier alpha value is -0.120. The lowest BCUT2D eigenvalue weighted by molar-refractivity contribution is -0.00433. The average Bonchev–Trinajstić information content (AvgIpc) is 2.70. The summed E-state index contributed by atoms with van der Waals surface area (Å²) >= 11 is 0. The zero-order valence-corrected chi connectivity index (χ0v) is 11.7. The Morgan fingerprint density at radius 1 is 1.24 bits per heavy atom. The summed E-state index contributed by atoms with van der Waals surface area (Å²) in [6.45, 7) is 11.7. The molecule has 0 N–H and O–H groups in total. The molecule has 2 heterocycles. The second-order valence-corrected chi connectivity index (χ2v) is 6.14. The van der Waals surface area contributed by atoms with Crippen molar-refractivity contribution in [2.45, 2.75) is 70.8 Å². The number of hydrogen-bond donors (Lipinski definition) is 0. The van der Waals surface area contributed by atoms with Gasteiger partial charge in [0.1, 0.15) is 0 Å². The van der Waals surface area contributed by atoms with Crippen molar-refractivity contribution in [3.8, 4) is 0 Å². The summed E-state index contributed by atoms with van der Waals surface area (Å²) in [7, 11) is 0. The Kier molecular flexibility index (Phi) is 4.11. The van der Waals surface area contributed by atoms with Crippen molar-refractivity contribution in [1.82, 2.24) is 4.90 Å². The molecule has 0 aliphatic carbocycles. The second-order valence-electron chi connectivity index (χ2n) is 6.14. The summed E-state index contributed by atoms with van der Waals surface area (Å²) in [6.07, 6.45) is 4.82. The van der Waals surface area contributed by atoms with Crippen LogP contribution >= 0.6 is 0 Å². The van der Waals surface area contributed by atoms with Gasteiger partial charge in [-0.2, -0.15) is 0 Å². The highest BCUT2D eigenvalue weighted by molar-refractivity contribution is 5.04. The van der Waals surface area contributed by atoms with E-state index in [-0.39, 0.29) is 5.54 Å². The van der Waals surface area contributed by atoms with Gasteiger partial charge in [-0.05, 0) is 53.5 Å². The van der Waals surface area contributed by atoms with Gasteiger partial charge in [0.15, 0.2) is 0 Å². The highest BCUT2D eigenvalue weighted by atomic mass is 16.5. The Morgan fingerprint density at radius 3 is 2.65 bits per heavy atom. The van der Waals surface area contributed by atoms with Gasteiger partial charge in [-0.25, -0.2) is 0 Å². The minimum absolute atomic E-state index is 0.282. The molecule has 3 heteroatoms. The third kappa shape index (κ3) is 3.01. The molecule has 100 valence electrons. The fourth-order valence-corrected chi connectivity index (χ4v) is 3.26. The van der Waals surface area contributed by atoms with E-state index in [1.165, 1.54) is 19.4 Å². The smallest absolute Gasteiger partial charge is 0.0724 e.